The van der Waals surface area contributed by atoms with Crippen molar-refractivity contribution in [1.82, 2.24) is 0 Å². The van der Waals surface area contributed by atoms with Crippen molar-refractivity contribution < 1.29 is 23.8 Å². The number of carbonyl (C=O) groups excluding carboxylic acids is 2. The third-order valence-corrected chi connectivity index (χ3v) is 4.54. The Kier molecular flexibility index (Phi) is 7.65. The van der Waals surface area contributed by atoms with E-state index in [2.05, 4.69) is 5.32 Å². The van der Waals surface area contributed by atoms with Crippen LogP contribution in [0.25, 0.3) is 0 Å². The lowest BCUT2D eigenvalue weighted by atomic mass is 10.1. The van der Waals surface area contributed by atoms with Gasteiger partial charge in [-0.05, 0) is 31.2 Å². The van der Waals surface area contributed by atoms with Gasteiger partial charge in [-0.2, -0.15) is 0 Å². The molecule has 6 heteroatoms. The minimum absolute atomic E-state index is 0.0147. The number of nitrogens with one attached hydrogen (secondary N) is 1. The first-order valence-electron chi connectivity index (χ1n) is 9.94. The van der Waals surface area contributed by atoms with Crippen LogP contribution < -0.4 is 14.8 Å². The van der Waals surface area contributed by atoms with Crippen molar-refractivity contribution in [3.63, 3.8) is 0 Å². The number of methoxy groups -OCH3 is 1. The second kappa shape index (κ2) is 10.8. The van der Waals surface area contributed by atoms with Crippen LogP contribution in [-0.2, 0) is 14.3 Å². The summed E-state index contributed by atoms with van der Waals surface area (Å²) in [6, 6.07) is 23.5. The molecule has 0 aliphatic carbocycles. The molecule has 3 aromatic rings. The fraction of sp³-hybridized carbons (Fsp3) is 0.200. The summed E-state index contributed by atoms with van der Waals surface area (Å²) in [5.74, 6) is 0.155. The van der Waals surface area contributed by atoms with E-state index in [1.54, 1.807) is 55.6 Å². The molecule has 1 N–H and O–H groups in total. The Morgan fingerprint density at radius 3 is 2.19 bits per heavy atom. The molecule has 31 heavy (non-hydrogen) atoms. The lowest BCUT2D eigenvalue weighted by molar-refractivity contribution is -0.155. The highest BCUT2D eigenvalue weighted by Crippen LogP contribution is 2.26. The van der Waals surface area contributed by atoms with Gasteiger partial charge < -0.3 is 19.5 Å². The summed E-state index contributed by atoms with van der Waals surface area (Å²) in [4.78, 5) is 25.3. The van der Waals surface area contributed by atoms with Crippen molar-refractivity contribution in [2.24, 2.45) is 0 Å². The number of esters is 1. The number of rotatable bonds is 9. The highest BCUT2D eigenvalue weighted by Gasteiger charge is 2.25. The highest BCUT2D eigenvalue weighted by atomic mass is 16.6. The number of ether oxygens (including phenoxy) is 3. The quantitative estimate of drug-likeness (QED) is 0.509. The van der Waals surface area contributed by atoms with E-state index in [-0.39, 0.29) is 13.0 Å². The van der Waals surface area contributed by atoms with Gasteiger partial charge in [0.05, 0.1) is 20.1 Å². The van der Waals surface area contributed by atoms with Gasteiger partial charge in [-0.15, -0.1) is 0 Å². The first-order chi connectivity index (χ1) is 15.1. The van der Waals surface area contributed by atoms with Gasteiger partial charge in [0.2, 0.25) is 6.10 Å². The van der Waals surface area contributed by atoms with E-state index in [4.69, 9.17) is 14.2 Å². The van der Waals surface area contributed by atoms with Crippen LogP contribution in [0.1, 0.15) is 23.7 Å². The standard InChI is InChI=1S/C25H25NO5/c1-18-12-14-20(15-13-18)26-25(28)24(19-8-4-3-5-9-19)31-23(27)16-17-30-22-11-7-6-10-21(22)29-2/h3-15,24H,16-17H2,1-2H3,(H,26,28). The number of hydrogen-bond donors (Lipinski definition) is 1. The van der Waals surface area contributed by atoms with E-state index in [0.717, 1.165) is 5.56 Å². The molecule has 1 atom stereocenters. The van der Waals surface area contributed by atoms with Gasteiger partial charge in [-0.25, -0.2) is 0 Å². The first-order valence-corrected chi connectivity index (χ1v) is 9.94. The normalized spacial score (nSPS) is 11.3. The Balaban J connectivity index is 1.63. The molecule has 0 radical (unpaired) electrons. The average molecular weight is 419 g/mol. The Hall–Kier alpha value is -3.80. The van der Waals surface area contributed by atoms with Crippen molar-refractivity contribution in [3.8, 4) is 11.5 Å². The molecule has 3 aromatic carbocycles. The van der Waals surface area contributed by atoms with Gasteiger partial charge in [0.25, 0.3) is 5.91 Å². The van der Waals surface area contributed by atoms with Gasteiger partial charge in [0, 0.05) is 11.3 Å². The van der Waals surface area contributed by atoms with Gasteiger partial charge in [0.15, 0.2) is 11.5 Å². The van der Waals surface area contributed by atoms with Crippen molar-refractivity contribution in [1.29, 1.82) is 0 Å². The third-order valence-electron chi connectivity index (χ3n) is 4.54. The summed E-state index contributed by atoms with van der Waals surface area (Å²) in [6.07, 6.45) is -1.08. The molecule has 0 bridgehead atoms. The molecule has 0 aliphatic rings. The Morgan fingerprint density at radius 2 is 1.52 bits per heavy atom. The van der Waals surface area contributed by atoms with Crippen LogP contribution in [0.15, 0.2) is 78.9 Å². The SMILES string of the molecule is COc1ccccc1OCCC(=O)OC(C(=O)Nc1ccc(C)cc1)c1ccccc1. The molecular weight excluding hydrogens is 394 g/mol. The highest BCUT2D eigenvalue weighted by molar-refractivity contribution is 5.96. The van der Waals surface area contributed by atoms with Crippen molar-refractivity contribution in [2.75, 3.05) is 19.0 Å². The predicted molar refractivity (Wildman–Crippen MR) is 118 cm³/mol. The maximum absolute atomic E-state index is 12.9. The van der Waals surface area contributed by atoms with Gasteiger partial charge in [0.1, 0.15) is 0 Å². The maximum Gasteiger partial charge on any atom is 0.310 e. The average Bonchev–Trinajstić information content (AvgIpc) is 2.80. The second-order valence-electron chi connectivity index (χ2n) is 6.89. The smallest absolute Gasteiger partial charge is 0.310 e. The first kappa shape index (κ1) is 21.9. The summed E-state index contributed by atoms with van der Waals surface area (Å²) in [5.41, 5.74) is 2.30. The van der Waals surface area contributed by atoms with Crippen molar-refractivity contribution in [3.05, 3.63) is 90.0 Å². The minimum atomic E-state index is -1.07. The van der Waals surface area contributed by atoms with E-state index < -0.39 is 18.0 Å². The van der Waals surface area contributed by atoms with E-state index in [0.29, 0.717) is 22.7 Å². The number of para-hydroxylation sites is 2. The molecule has 0 aromatic heterocycles. The number of aryl methyl sites for hydroxylation is 1. The van der Waals surface area contributed by atoms with Crippen LogP contribution in [0.4, 0.5) is 5.69 Å². The lowest BCUT2D eigenvalue weighted by Crippen LogP contribution is -2.26. The zero-order valence-electron chi connectivity index (χ0n) is 17.5. The number of amides is 1. The molecule has 1 amide bonds. The van der Waals surface area contributed by atoms with Gasteiger partial charge >= 0.3 is 5.97 Å². The molecule has 0 saturated heterocycles. The van der Waals surface area contributed by atoms with E-state index in [1.165, 1.54) is 0 Å². The van der Waals surface area contributed by atoms with Crippen LogP contribution in [0.5, 0.6) is 11.5 Å². The van der Waals surface area contributed by atoms with Crippen LogP contribution in [0, 0.1) is 6.92 Å². The van der Waals surface area contributed by atoms with E-state index in [1.807, 2.05) is 37.3 Å². The zero-order chi connectivity index (χ0) is 22.1. The van der Waals surface area contributed by atoms with E-state index in [9.17, 15) is 9.59 Å². The molecular formula is C25H25NO5. The summed E-state index contributed by atoms with van der Waals surface area (Å²) in [6.45, 7) is 2.06. The summed E-state index contributed by atoms with van der Waals surface area (Å²) >= 11 is 0. The molecule has 0 fully saturated rings. The minimum Gasteiger partial charge on any atom is -0.493 e. The summed E-state index contributed by atoms with van der Waals surface area (Å²) < 4.78 is 16.4. The Labute approximate surface area is 181 Å². The lowest BCUT2D eigenvalue weighted by Gasteiger charge is -2.18. The molecule has 3 rings (SSSR count). The second-order valence-corrected chi connectivity index (χ2v) is 6.89. The molecule has 0 saturated carbocycles. The fourth-order valence-electron chi connectivity index (χ4n) is 2.92. The van der Waals surface area contributed by atoms with Crippen molar-refractivity contribution in [2.45, 2.75) is 19.4 Å². The number of benzene rings is 3. The predicted octanol–water partition coefficient (Wildman–Crippen LogP) is 4.70. The monoisotopic (exact) mass is 419 g/mol. The summed E-state index contributed by atoms with van der Waals surface area (Å²) in [5, 5.41) is 2.81. The largest absolute Gasteiger partial charge is 0.493 e. The topological polar surface area (TPSA) is 73.9 Å². The molecule has 1 unspecified atom stereocenters. The molecule has 6 nitrogen and oxygen atoms in total. The van der Waals surface area contributed by atoms with Crippen LogP contribution in [0.3, 0.4) is 0 Å². The van der Waals surface area contributed by atoms with Gasteiger partial charge in [-0.3, -0.25) is 9.59 Å². The molecule has 0 spiro atoms. The zero-order valence-corrected chi connectivity index (χ0v) is 17.5. The van der Waals surface area contributed by atoms with E-state index >= 15 is 0 Å². The number of carbonyl (C=O) groups is 2. The van der Waals surface area contributed by atoms with Crippen LogP contribution >= 0.6 is 0 Å². The van der Waals surface area contributed by atoms with Crippen molar-refractivity contribution >= 4 is 17.6 Å². The van der Waals surface area contributed by atoms with Crippen LogP contribution in [0.2, 0.25) is 0 Å². The van der Waals surface area contributed by atoms with Gasteiger partial charge in [-0.1, -0.05) is 60.2 Å². The van der Waals surface area contributed by atoms with Crippen LogP contribution in [-0.4, -0.2) is 25.6 Å². The summed E-state index contributed by atoms with van der Waals surface area (Å²) in [7, 11) is 1.55. The Morgan fingerprint density at radius 1 is 0.871 bits per heavy atom. The molecule has 160 valence electrons. The molecule has 0 aliphatic heterocycles. The molecule has 0 heterocycles. The fourth-order valence-corrected chi connectivity index (χ4v) is 2.92. The number of anilines is 1. The third kappa shape index (κ3) is 6.34. The Bertz CT molecular complexity index is 1000. The number of hydrogen-bond acceptors (Lipinski definition) is 5. The maximum atomic E-state index is 12.9.